The van der Waals surface area contributed by atoms with Crippen LogP contribution < -0.4 is 10.6 Å². The van der Waals surface area contributed by atoms with Gasteiger partial charge in [0.2, 0.25) is 0 Å². The van der Waals surface area contributed by atoms with E-state index in [-0.39, 0.29) is 0 Å². The molecule has 0 aliphatic carbocycles. The molecule has 2 N–H and O–H groups in total. The van der Waals surface area contributed by atoms with Gasteiger partial charge in [0.15, 0.2) is 0 Å². The standard InChI is InChI=1S/C11H15N3/c1-3-10(2)12-8-9-14-11-6-4-5-7-13-11/h4-7,12H,1,8-9H2,2H3,(H,13,14). The first-order chi connectivity index (χ1) is 6.83. The maximum Gasteiger partial charge on any atom is 0.125 e. The Morgan fingerprint density at radius 1 is 1.50 bits per heavy atom. The van der Waals surface area contributed by atoms with E-state index < -0.39 is 0 Å². The summed E-state index contributed by atoms with van der Waals surface area (Å²) in [6, 6.07) is 5.79. The average Bonchev–Trinajstić information content (AvgIpc) is 2.25. The molecule has 0 aliphatic heterocycles. The number of nitrogens with one attached hydrogen (secondary N) is 2. The summed E-state index contributed by atoms with van der Waals surface area (Å²) in [6.45, 7) is 7.15. The summed E-state index contributed by atoms with van der Waals surface area (Å²) < 4.78 is 0. The molecule has 0 atom stereocenters. The van der Waals surface area contributed by atoms with Crippen molar-refractivity contribution in [1.82, 2.24) is 10.3 Å². The van der Waals surface area contributed by atoms with E-state index in [2.05, 4.69) is 27.9 Å². The van der Waals surface area contributed by atoms with Gasteiger partial charge in [0.1, 0.15) is 5.82 Å². The van der Waals surface area contributed by atoms with E-state index in [1.54, 1.807) is 6.20 Å². The summed E-state index contributed by atoms with van der Waals surface area (Å²) in [5, 5.41) is 6.34. The molecule has 1 aromatic rings. The zero-order valence-corrected chi connectivity index (χ0v) is 8.38. The predicted octanol–water partition coefficient (Wildman–Crippen LogP) is 1.77. The molecule has 3 nitrogen and oxygen atoms in total. The van der Waals surface area contributed by atoms with Crippen LogP contribution >= 0.6 is 0 Å². The highest BCUT2D eigenvalue weighted by Crippen LogP contribution is 1.97. The second kappa shape index (κ2) is 5.84. The van der Waals surface area contributed by atoms with Gasteiger partial charge in [-0.05, 0) is 19.1 Å². The third-order valence-corrected chi connectivity index (χ3v) is 1.75. The predicted molar refractivity (Wildman–Crippen MR) is 59.1 cm³/mol. The van der Waals surface area contributed by atoms with Crippen molar-refractivity contribution in [1.29, 1.82) is 0 Å². The van der Waals surface area contributed by atoms with Crippen molar-refractivity contribution in [2.75, 3.05) is 18.4 Å². The molecular weight excluding hydrogens is 174 g/mol. The molecule has 0 saturated heterocycles. The smallest absolute Gasteiger partial charge is 0.125 e. The average molecular weight is 189 g/mol. The van der Waals surface area contributed by atoms with Gasteiger partial charge in [-0.2, -0.15) is 0 Å². The molecule has 0 bridgehead atoms. The van der Waals surface area contributed by atoms with Gasteiger partial charge in [-0.15, -0.1) is 5.73 Å². The van der Waals surface area contributed by atoms with E-state index >= 15 is 0 Å². The highest BCUT2D eigenvalue weighted by atomic mass is 15.0. The summed E-state index contributed by atoms with van der Waals surface area (Å²) in [6.07, 6.45) is 1.77. The van der Waals surface area contributed by atoms with Gasteiger partial charge < -0.3 is 10.6 Å². The Bertz CT molecular complexity index is 313. The maximum absolute atomic E-state index is 4.14. The van der Waals surface area contributed by atoms with Gasteiger partial charge >= 0.3 is 0 Å². The fourth-order valence-corrected chi connectivity index (χ4v) is 0.970. The molecule has 0 saturated carbocycles. The summed E-state index contributed by atoms with van der Waals surface area (Å²) in [5.74, 6) is 0.898. The highest BCUT2D eigenvalue weighted by molar-refractivity contribution is 5.32. The van der Waals surface area contributed by atoms with E-state index in [0.29, 0.717) is 0 Å². The molecule has 1 aromatic heterocycles. The van der Waals surface area contributed by atoms with Gasteiger partial charge in [0.05, 0.1) is 5.70 Å². The summed E-state index contributed by atoms with van der Waals surface area (Å²) in [7, 11) is 0. The number of allylic oxidation sites excluding steroid dienone is 1. The molecule has 14 heavy (non-hydrogen) atoms. The minimum absolute atomic E-state index is 0.829. The van der Waals surface area contributed by atoms with Crippen molar-refractivity contribution in [2.24, 2.45) is 0 Å². The van der Waals surface area contributed by atoms with Crippen molar-refractivity contribution < 1.29 is 0 Å². The molecular formula is C11H15N3. The van der Waals surface area contributed by atoms with Gasteiger partial charge in [-0.1, -0.05) is 12.6 Å². The number of pyridine rings is 1. The molecule has 1 rings (SSSR count). The number of hydrogen-bond donors (Lipinski definition) is 2. The van der Waals surface area contributed by atoms with E-state index in [4.69, 9.17) is 0 Å². The lowest BCUT2D eigenvalue weighted by Gasteiger charge is -2.06. The summed E-state index contributed by atoms with van der Waals surface area (Å²) >= 11 is 0. The first kappa shape index (κ1) is 10.4. The third-order valence-electron chi connectivity index (χ3n) is 1.75. The van der Waals surface area contributed by atoms with Crippen molar-refractivity contribution in [3.05, 3.63) is 42.4 Å². The maximum atomic E-state index is 4.14. The van der Waals surface area contributed by atoms with Crippen LogP contribution in [-0.4, -0.2) is 18.1 Å². The first-order valence-electron chi connectivity index (χ1n) is 4.58. The van der Waals surface area contributed by atoms with Crippen LogP contribution in [0.4, 0.5) is 5.82 Å². The fourth-order valence-electron chi connectivity index (χ4n) is 0.970. The topological polar surface area (TPSA) is 37.0 Å². The Morgan fingerprint density at radius 2 is 2.36 bits per heavy atom. The molecule has 0 fully saturated rings. The molecule has 0 radical (unpaired) electrons. The van der Waals surface area contributed by atoms with Crippen LogP contribution in [0.5, 0.6) is 0 Å². The Morgan fingerprint density at radius 3 is 3.00 bits per heavy atom. The minimum atomic E-state index is 0.829. The van der Waals surface area contributed by atoms with Crippen LogP contribution in [0, 0.1) is 0 Å². The first-order valence-corrected chi connectivity index (χ1v) is 4.58. The summed E-state index contributed by atoms with van der Waals surface area (Å²) in [4.78, 5) is 4.14. The third kappa shape index (κ3) is 3.78. The van der Waals surface area contributed by atoms with Gasteiger partial charge in [0, 0.05) is 19.3 Å². The molecule has 3 heteroatoms. The van der Waals surface area contributed by atoms with E-state index in [1.807, 2.05) is 25.1 Å². The van der Waals surface area contributed by atoms with Crippen LogP contribution in [0.1, 0.15) is 6.92 Å². The zero-order chi connectivity index (χ0) is 10.2. The monoisotopic (exact) mass is 189 g/mol. The van der Waals surface area contributed by atoms with E-state index in [0.717, 1.165) is 24.6 Å². The largest absolute Gasteiger partial charge is 0.381 e. The highest BCUT2D eigenvalue weighted by Gasteiger charge is 1.90. The summed E-state index contributed by atoms with van der Waals surface area (Å²) in [5.41, 5.74) is 3.74. The Kier molecular flexibility index (Phi) is 4.32. The van der Waals surface area contributed by atoms with Gasteiger partial charge in [-0.3, -0.25) is 0 Å². The van der Waals surface area contributed by atoms with Gasteiger partial charge in [-0.25, -0.2) is 4.98 Å². The molecule has 1 heterocycles. The van der Waals surface area contributed by atoms with Crippen molar-refractivity contribution in [2.45, 2.75) is 6.92 Å². The fraction of sp³-hybridized carbons (Fsp3) is 0.273. The van der Waals surface area contributed by atoms with Crippen LogP contribution in [0.15, 0.2) is 42.4 Å². The number of nitrogens with zero attached hydrogens (tertiary/aromatic N) is 1. The molecule has 74 valence electrons. The second-order valence-electron chi connectivity index (χ2n) is 2.87. The number of rotatable bonds is 5. The Hall–Kier alpha value is -1.73. The lowest BCUT2D eigenvalue weighted by Crippen LogP contribution is -2.20. The zero-order valence-electron chi connectivity index (χ0n) is 8.38. The van der Waals surface area contributed by atoms with E-state index in [9.17, 15) is 0 Å². The SMILES string of the molecule is C=C=C(C)NCCNc1ccccn1. The Labute approximate surface area is 84.6 Å². The quantitative estimate of drug-likeness (QED) is 0.547. The lowest BCUT2D eigenvalue weighted by atomic mass is 10.4. The minimum Gasteiger partial charge on any atom is -0.381 e. The number of hydrogen-bond acceptors (Lipinski definition) is 3. The number of aromatic nitrogens is 1. The normalized spacial score (nSPS) is 8.93. The molecule has 0 spiro atoms. The van der Waals surface area contributed by atoms with Crippen molar-refractivity contribution in [3.63, 3.8) is 0 Å². The molecule has 0 amide bonds. The molecule has 0 aromatic carbocycles. The van der Waals surface area contributed by atoms with Crippen LogP contribution in [0.25, 0.3) is 0 Å². The second-order valence-corrected chi connectivity index (χ2v) is 2.87. The van der Waals surface area contributed by atoms with Crippen LogP contribution in [-0.2, 0) is 0 Å². The Balaban J connectivity index is 2.20. The van der Waals surface area contributed by atoms with Crippen molar-refractivity contribution in [3.8, 4) is 0 Å². The number of anilines is 1. The van der Waals surface area contributed by atoms with Gasteiger partial charge in [0.25, 0.3) is 0 Å². The molecule has 0 aliphatic rings. The van der Waals surface area contributed by atoms with Crippen LogP contribution in [0.2, 0.25) is 0 Å². The lowest BCUT2D eigenvalue weighted by molar-refractivity contribution is 0.818. The van der Waals surface area contributed by atoms with E-state index in [1.165, 1.54) is 0 Å². The van der Waals surface area contributed by atoms with Crippen LogP contribution in [0.3, 0.4) is 0 Å². The van der Waals surface area contributed by atoms with Crippen molar-refractivity contribution >= 4 is 5.82 Å². The molecule has 0 unspecified atom stereocenters.